The molecule has 0 spiro atoms. The van der Waals surface area contributed by atoms with Crippen molar-refractivity contribution in [2.75, 3.05) is 0 Å². The van der Waals surface area contributed by atoms with Gasteiger partial charge in [0.15, 0.2) is 5.78 Å². The quantitative estimate of drug-likeness (QED) is 0.570. The molecule has 68 valence electrons. The van der Waals surface area contributed by atoms with Gasteiger partial charge in [-0.3, -0.25) is 4.79 Å². The minimum atomic E-state index is 0.0185. The molecule has 0 aromatic heterocycles. The van der Waals surface area contributed by atoms with Crippen LogP contribution in [0.1, 0.15) is 22.8 Å². The smallest absolute Gasteiger partial charge is 0.188 e. The van der Waals surface area contributed by atoms with Crippen molar-refractivity contribution in [2.24, 2.45) is 0 Å². The maximum absolute atomic E-state index is 11.6. The number of allylic oxidation sites excluding steroid dienone is 1. The van der Waals surface area contributed by atoms with Gasteiger partial charge in [0.1, 0.15) is 0 Å². The Kier molecular flexibility index (Phi) is 3.04. The van der Waals surface area contributed by atoms with E-state index in [0.29, 0.717) is 5.57 Å². The van der Waals surface area contributed by atoms with E-state index in [1.165, 1.54) is 0 Å². The van der Waals surface area contributed by atoms with Crippen LogP contribution in [0.2, 0.25) is 0 Å². The number of Topliss-reactive ketones (excluding diaryl/α,β-unsaturated/α-hetero) is 1. The van der Waals surface area contributed by atoms with Gasteiger partial charge < -0.3 is 0 Å². The average Bonchev–Trinajstić information content (AvgIpc) is 2.03. The van der Waals surface area contributed by atoms with E-state index in [1.807, 2.05) is 25.1 Å². The second-order valence-electron chi connectivity index (χ2n) is 3.07. The lowest BCUT2D eigenvalue weighted by Gasteiger charge is -2.04. The second kappa shape index (κ2) is 3.88. The molecule has 0 N–H and O–H groups in total. The first-order valence-corrected chi connectivity index (χ1v) is 4.78. The van der Waals surface area contributed by atoms with Crippen molar-refractivity contribution in [1.29, 1.82) is 0 Å². The Hall–Kier alpha value is -0.890. The van der Waals surface area contributed by atoms with E-state index >= 15 is 0 Å². The van der Waals surface area contributed by atoms with Crippen molar-refractivity contribution in [3.8, 4) is 0 Å². The first kappa shape index (κ1) is 10.2. The molecule has 0 fully saturated rings. The molecule has 1 rings (SSSR count). The van der Waals surface area contributed by atoms with Crippen LogP contribution < -0.4 is 0 Å². The van der Waals surface area contributed by atoms with Crippen molar-refractivity contribution in [1.82, 2.24) is 0 Å². The summed E-state index contributed by atoms with van der Waals surface area (Å²) in [6.07, 6.45) is 0. The summed E-state index contributed by atoms with van der Waals surface area (Å²) < 4.78 is 0.989. The third-order valence-corrected chi connectivity index (χ3v) is 2.31. The molecule has 0 bridgehead atoms. The first-order valence-electron chi connectivity index (χ1n) is 3.98. The summed E-state index contributed by atoms with van der Waals surface area (Å²) in [6, 6.07) is 5.61. The van der Waals surface area contributed by atoms with Gasteiger partial charge in [-0.05, 0) is 43.2 Å². The molecule has 2 heteroatoms. The molecule has 0 aliphatic rings. The summed E-state index contributed by atoms with van der Waals surface area (Å²) in [5, 5.41) is 0. The summed E-state index contributed by atoms with van der Waals surface area (Å²) in [7, 11) is 0. The van der Waals surface area contributed by atoms with Crippen LogP contribution in [0.25, 0.3) is 0 Å². The highest BCUT2D eigenvalue weighted by atomic mass is 79.9. The molecule has 0 unspecified atom stereocenters. The fourth-order valence-corrected chi connectivity index (χ4v) is 1.59. The standard InChI is InChI=1S/C11H11BrO/c1-7(2)11(13)10-5-4-9(12)6-8(10)3/h4-6H,1H2,2-3H3. The normalized spacial score (nSPS) is 9.77. The van der Waals surface area contributed by atoms with Crippen molar-refractivity contribution < 1.29 is 4.79 Å². The molecule has 13 heavy (non-hydrogen) atoms. The summed E-state index contributed by atoms with van der Waals surface area (Å²) in [6.45, 7) is 7.28. The highest BCUT2D eigenvalue weighted by Gasteiger charge is 2.08. The van der Waals surface area contributed by atoms with Crippen molar-refractivity contribution >= 4 is 21.7 Å². The number of carbonyl (C=O) groups excluding carboxylic acids is 1. The SMILES string of the molecule is C=C(C)C(=O)c1ccc(Br)cc1C. The number of halogens is 1. The van der Waals surface area contributed by atoms with Gasteiger partial charge >= 0.3 is 0 Å². The van der Waals surface area contributed by atoms with E-state index in [4.69, 9.17) is 0 Å². The molecular weight excluding hydrogens is 228 g/mol. The molecule has 0 aliphatic carbocycles. The molecule has 0 amide bonds. The zero-order valence-corrected chi connectivity index (χ0v) is 9.31. The van der Waals surface area contributed by atoms with E-state index in [9.17, 15) is 4.79 Å². The summed E-state index contributed by atoms with van der Waals surface area (Å²) in [4.78, 5) is 11.6. The van der Waals surface area contributed by atoms with E-state index in [2.05, 4.69) is 22.5 Å². The molecule has 0 atom stereocenters. The molecule has 1 aromatic carbocycles. The van der Waals surface area contributed by atoms with Crippen molar-refractivity contribution in [3.63, 3.8) is 0 Å². The lowest BCUT2D eigenvalue weighted by molar-refractivity contribution is 0.103. The van der Waals surface area contributed by atoms with Gasteiger partial charge in [-0.1, -0.05) is 22.5 Å². The van der Waals surface area contributed by atoms with E-state index in [0.717, 1.165) is 15.6 Å². The van der Waals surface area contributed by atoms with Crippen molar-refractivity contribution in [2.45, 2.75) is 13.8 Å². The third-order valence-electron chi connectivity index (χ3n) is 1.82. The second-order valence-corrected chi connectivity index (χ2v) is 3.98. The fraction of sp³-hybridized carbons (Fsp3) is 0.182. The monoisotopic (exact) mass is 238 g/mol. The lowest BCUT2D eigenvalue weighted by Crippen LogP contribution is -2.01. The maximum Gasteiger partial charge on any atom is 0.188 e. The minimum Gasteiger partial charge on any atom is -0.289 e. The molecule has 0 heterocycles. The number of ketones is 1. The summed E-state index contributed by atoms with van der Waals surface area (Å²) >= 11 is 3.35. The van der Waals surface area contributed by atoms with Gasteiger partial charge in [-0.2, -0.15) is 0 Å². The molecule has 0 saturated heterocycles. The molecule has 1 aromatic rings. The molecule has 0 radical (unpaired) electrons. The van der Waals surface area contributed by atoms with Crippen LogP contribution >= 0.6 is 15.9 Å². The number of hydrogen-bond donors (Lipinski definition) is 0. The van der Waals surface area contributed by atoms with Gasteiger partial charge in [-0.25, -0.2) is 0 Å². The summed E-state index contributed by atoms with van der Waals surface area (Å²) in [5.41, 5.74) is 2.28. The van der Waals surface area contributed by atoms with Gasteiger partial charge in [-0.15, -0.1) is 0 Å². The largest absolute Gasteiger partial charge is 0.289 e. The maximum atomic E-state index is 11.6. The van der Waals surface area contributed by atoms with Gasteiger partial charge in [0.2, 0.25) is 0 Å². The molecule has 1 nitrogen and oxygen atoms in total. The first-order chi connectivity index (χ1) is 6.02. The average molecular weight is 239 g/mol. The van der Waals surface area contributed by atoms with Gasteiger partial charge in [0, 0.05) is 10.0 Å². The Morgan fingerprint density at radius 3 is 2.54 bits per heavy atom. The highest BCUT2D eigenvalue weighted by Crippen LogP contribution is 2.17. The topological polar surface area (TPSA) is 17.1 Å². The Labute approximate surface area is 86.6 Å². The van der Waals surface area contributed by atoms with E-state index in [1.54, 1.807) is 6.92 Å². The zero-order valence-electron chi connectivity index (χ0n) is 7.73. The predicted molar refractivity (Wildman–Crippen MR) is 58.0 cm³/mol. The van der Waals surface area contributed by atoms with Crippen LogP contribution in [-0.2, 0) is 0 Å². The van der Waals surface area contributed by atoms with Crippen LogP contribution in [-0.4, -0.2) is 5.78 Å². The highest BCUT2D eigenvalue weighted by molar-refractivity contribution is 9.10. The number of aryl methyl sites for hydroxylation is 1. The van der Waals surface area contributed by atoms with Crippen LogP contribution in [0, 0.1) is 6.92 Å². The van der Waals surface area contributed by atoms with Gasteiger partial charge in [0.25, 0.3) is 0 Å². The minimum absolute atomic E-state index is 0.0185. The number of benzene rings is 1. The summed E-state index contributed by atoms with van der Waals surface area (Å²) in [5.74, 6) is 0.0185. The Balaban J connectivity index is 3.16. The van der Waals surface area contributed by atoms with Crippen LogP contribution in [0.15, 0.2) is 34.8 Å². The zero-order chi connectivity index (χ0) is 10.0. The van der Waals surface area contributed by atoms with Gasteiger partial charge in [0.05, 0.1) is 0 Å². The van der Waals surface area contributed by atoms with Crippen LogP contribution in [0.3, 0.4) is 0 Å². The van der Waals surface area contributed by atoms with E-state index in [-0.39, 0.29) is 5.78 Å². The molecule has 0 aliphatic heterocycles. The Morgan fingerprint density at radius 1 is 1.46 bits per heavy atom. The number of rotatable bonds is 2. The number of hydrogen-bond acceptors (Lipinski definition) is 1. The lowest BCUT2D eigenvalue weighted by atomic mass is 10.0. The predicted octanol–water partition coefficient (Wildman–Crippen LogP) is 3.52. The van der Waals surface area contributed by atoms with Crippen LogP contribution in [0.5, 0.6) is 0 Å². The van der Waals surface area contributed by atoms with E-state index < -0.39 is 0 Å². The van der Waals surface area contributed by atoms with Crippen molar-refractivity contribution in [3.05, 3.63) is 46.0 Å². The fourth-order valence-electron chi connectivity index (χ4n) is 1.11. The van der Waals surface area contributed by atoms with Crippen LogP contribution in [0.4, 0.5) is 0 Å². The Bertz CT molecular complexity index is 366. The third kappa shape index (κ3) is 2.28. The number of carbonyl (C=O) groups is 1. The molecular formula is C11H11BrO. The Morgan fingerprint density at radius 2 is 2.08 bits per heavy atom. The molecule has 0 saturated carbocycles.